The lowest BCUT2D eigenvalue weighted by Crippen LogP contribution is -2.63. The number of hydrogen-bond donors (Lipinski definition) is 2. The summed E-state index contributed by atoms with van der Waals surface area (Å²) in [6, 6.07) is 8.65. The van der Waals surface area contributed by atoms with Gasteiger partial charge in [-0.1, -0.05) is 57.0 Å². The zero-order valence-corrected chi connectivity index (χ0v) is 16.1. The van der Waals surface area contributed by atoms with E-state index in [1.54, 1.807) is 44.2 Å². The lowest BCUT2D eigenvalue weighted by molar-refractivity contribution is -0.153. The fourth-order valence-electron chi connectivity index (χ4n) is 2.48. The second-order valence-corrected chi connectivity index (χ2v) is 8.29. The molecule has 1 aromatic carbocycles. The molecule has 0 aliphatic carbocycles. The third-order valence-corrected chi connectivity index (χ3v) is 6.06. The number of rotatable bonds is 11. The van der Waals surface area contributed by atoms with Gasteiger partial charge in [0.1, 0.15) is 6.61 Å². The van der Waals surface area contributed by atoms with Gasteiger partial charge in [0, 0.05) is 1.37 Å². The number of nitrogens with two attached hydrogens (primary N) is 2. The average Bonchev–Trinajstić information content (AvgIpc) is 2.60. The van der Waals surface area contributed by atoms with Crippen LogP contribution in [-0.2, 0) is 30.8 Å². The molecule has 1 rings (SSSR count). The number of amides is 1. The van der Waals surface area contributed by atoms with E-state index in [-0.39, 0.29) is 19.4 Å². The van der Waals surface area contributed by atoms with E-state index in [9.17, 15) is 18.0 Å². The van der Waals surface area contributed by atoms with Crippen molar-refractivity contribution in [2.45, 2.75) is 56.9 Å². The average molecular weight is 386 g/mol. The van der Waals surface area contributed by atoms with Gasteiger partial charge >= 0.3 is 5.97 Å². The van der Waals surface area contributed by atoms with Crippen molar-refractivity contribution in [3.8, 4) is 0 Å². The lowest BCUT2D eigenvalue weighted by Gasteiger charge is -2.26. The van der Waals surface area contributed by atoms with Crippen molar-refractivity contribution in [1.29, 1.82) is 0 Å². The molecule has 0 aromatic heterocycles. The van der Waals surface area contributed by atoms with Crippen molar-refractivity contribution in [3.05, 3.63) is 35.9 Å². The monoisotopic (exact) mass is 385 g/mol. The molecule has 0 fully saturated rings. The highest BCUT2D eigenvalue weighted by molar-refractivity contribution is 7.92. The van der Waals surface area contributed by atoms with Crippen LogP contribution in [0.15, 0.2) is 30.3 Å². The summed E-state index contributed by atoms with van der Waals surface area (Å²) >= 11 is 0. The Hall–Kier alpha value is -1.93. The highest BCUT2D eigenvalue weighted by Crippen LogP contribution is 2.20. The van der Waals surface area contributed by atoms with Crippen LogP contribution in [-0.4, -0.2) is 36.8 Å². The molecular weight excluding hydrogens is 356 g/mol. The SMILES string of the molecule is [2H]C(CCC)(CCC)S(=O)(=O)C[C@](N)(C(N)=O)C(=O)OCc1ccccc1. The molecule has 0 aliphatic heterocycles. The second kappa shape index (κ2) is 9.68. The van der Waals surface area contributed by atoms with Crippen LogP contribution in [0.3, 0.4) is 0 Å². The number of hydrogen-bond acceptors (Lipinski definition) is 6. The van der Waals surface area contributed by atoms with Crippen molar-refractivity contribution >= 4 is 21.7 Å². The molecule has 26 heavy (non-hydrogen) atoms. The Morgan fingerprint density at radius 2 is 1.73 bits per heavy atom. The summed E-state index contributed by atoms with van der Waals surface area (Å²) < 4.78 is 39.1. The summed E-state index contributed by atoms with van der Waals surface area (Å²) in [5.74, 6) is -3.59. The summed E-state index contributed by atoms with van der Waals surface area (Å²) in [6.07, 6.45) is 1.04. The maximum absolute atomic E-state index is 12.8. The first-order chi connectivity index (χ1) is 12.5. The van der Waals surface area contributed by atoms with E-state index in [0.29, 0.717) is 18.4 Å². The van der Waals surface area contributed by atoms with Crippen LogP contribution in [0, 0.1) is 0 Å². The zero-order valence-electron chi connectivity index (χ0n) is 16.2. The number of sulfone groups is 1. The Kier molecular flexibility index (Phi) is 7.59. The smallest absolute Gasteiger partial charge is 0.337 e. The molecule has 0 radical (unpaired) electrons. The number of carbonyl (C=O) groups is 2. The molecule has 0 saturated heterocycles. The number of primary amides is 1. The van der Waals surface area contributed by atoms with E-state index < -0.39 is 38.2 Å². The Bertz CT molecular complexity index is 748. The van der Waals surface area contributed by atoms with Gasteiger partial charge in [0.05, 0.1) is 11.0 Å². The summed E-state index contributed by atoms with van der Waals surface area (Å²) in [6.45, 7) is 3.33. The molecule has 0 unspecified atom stereocenters. The van der Waals surface area contributed by atoms with E-state index in [2.05, 4.69) is 0 Å². The molecular formula is C18H28N2O5S. The van der Waals surface area contributed by atoms with Crippen LogP contribution < -0.4 is 11.5 Å². The van der Waals surface area contributed by atoms with Crippen molar-refractivity contribution in [2.75, 3.05) is 5.75 Å². The highest BCUT2D eigenvalue weighted by atomic mass is 32.2. The third kappa shape index (κ3) is 5.81. The maximum Gasteiger partial charge on any atom is 0.337 e. The van der Waals surface area contributed by atoms with E-state index >= 15 is 0 Å². The van der Waals surface area contributed by atoms with Gasteiger partial charge in [-0.2, -0.15) is 0 Å². The van der Waals surface area contributed by atoms with Gasteiger partial charge in [-0.05, 0) is 18.4 Å². The van der Waals surface area contributed by atoms with Crippen molar-refractivity contribution in [3.63, 3.8) is 0 Å². The van der Waals surface area contributed by atoms with Gasteiger partial charge in [-0.15, -0.1) is 0 Å². The molecule has 1 amide bonds. The standard InChI is InChI=1S/C18H28N2O5S/c1-3-8-15(9-4-2)26(23,24)13-18(20,16(19)21)17(22)25-12-14-10-6-5-7-11-14/h5-7,10-11,15H,3-4,8-9,12-13,20H2,1-2H3,(H2,19,21)/t18-/m0/s1/i15D. The van der Waals surface area contributed by atoms with Crippen LogP contribution in [0.25, 0.3) is 0 Å². The fraction of sp³-hybridized carbons (Fsp3) is 0.556. The Morgan fingerprint density at radius 1 is 1.19 bits per heavy atom. The largest absolute Gasteiger partial charge is 0.459 e. The lowest BCUT2D eigenvalue weighted by atomic mass is 10.0. The third-order valence-electron chi connectivity index (χ3n) is 3.93. The number of esters is 1. The van der Waals surface area contributed by atoms with Crippen LogP contribution in [0.2, 0.25) is 0 Å². The predicted octanol–water partition coefficient (Wildman–Crippen LogP) is 1.30. The Morgan fingerprint density at radius 3 is 2.19 bits per heavy atom. The number of ether oxygens (including phenoxy) is 1. The molecule has 7 nitrogen and oxygen atoms in total. The molecule has 4 N–H and O–H groups in total. The summed E-state index contributed by atoms with van der Waals surface area (Å²) in [7, 11) is -4.24. The summed E-state index contributed by atoms with van der Waals surface area (Å²) in [4.78, 5) is 24.3. The Labute approximate surface area is 156 Å². The van der Waals surface area contributed by atoms with E-state index in [4.69, 9.17) is 17.6 Å². The van der Waals surface area contributed by atoms with Crippen LogP contribution in [0.4, 0.5) is 0 Å². The second-order valence-electron chi connectivity index (χ2n) is 6.20. The molecule has 146 valence electrons. The van der Waals surface area contributed by atoms with Gasteiger partial charge < -0.3 is 16.2 Å². The first-order valence-electron chi connectivity index (χ1n) is 9.04. The minimum absolute atomic E-state index is 0.0665. The fourth-order valence-corrected chi connectivity index (χ4v) is 4.57. The molecule has 0 spiro atoms. The quantitative estimate of drug-likeness (QED) is 0.436. The van der Waals surface area contributed by atoms with Gasteiger partial charge in [0.25, 0.3) is 0 Å². The summed E-state index contributed by atoms with van der Waals surface area (Å²) in [5.41, 5.74) is 9.15. The predicted molar refractivity (Wildman–Crippen MR) is 99.7 cm³/mol. The van der Waals surface area contributed by atoms with Gasteiger partial charge in [0.15, 0.2) is 9.84 Å². The topological polar surface area (TPSA) is 130 Å². The van der Waals surface area contributed by atoms with Crippen molar-refractivity contribution < 1.29 is 24.1 Å². The molecule has 1 atom stereocenters. The zero-order chi connectivity index (χ0) is 20.7. The molecule has 0 saturated carbocycles. The molecule has 1 aromatic rings. The first kappa shape index (κ1) is 20.4. The van der Waals surface area contributed by atoms with E-state index in [1.807, 2.05) is 0 Å². The van der Waals surface area contributed by atoms with Crippen LogP contribution in [0.5, 0.6) is 0 Å². The van der Waals surface area contributed by atoms with Gasteiger partial charge in [-0.3, -0.25) is 4.79 Å². The molecule has 0 bridgehead atoms. The summed E-state index contributed by atoms with van der Waals surface area (Å²) in [5, 5.41) is -1.84. The number of benzene rings is 1. The first-order valence-corrected chi connectivity index (χ1v) is 10.2. The van der Waals surface area contributed by atoms with Crippen LogP contribution in [0.1, 0.15) is 46.5 Å². The van der Waals surface area contributed by atoms with Crippen molar-refractivity contribution in [1.82, 2.24) is 0 Å². The molecule has 0 heterocycles. The molecule has 8 heteroatoms. The van der Waals surface area contributed by atoms with Gasteiger partial charge in [-0.25, -0.2) is 13.2 Å². The van der Waals surface area contributed by atoms with Gasteiger partial charge in [0.2, 0.25) is 11.4 Å². The highest BCUT2D eigenvalue weighted by Gasteiger charge is 2.47. The minimum atomic E-state index is -4.24. The minimum Gasteiger partial charge on any atom is -0.459 e. The van der Waals surface area contributed by atoms with E-state index in [1.165, 1.54) is 0 Å². The van der Waals surface area contributed by atoms with E-state index in [0.717, 1.165) is 0 Å². The Balaban J connectivity index is 3.07. The molecule has 0 aliphatic rings. The normalized spacial score (nSPS) is 15.0. The van der Waals surface area contributed by atoms with Crippen LogP contribution >= 0.6 is 0 Å². The number of carbonyl (C=O) groups excluding carboxylic acids is 2. The maximum atomic E-state index is 12.8. The van der Waals surface area contributed by atoms with Crippen molar-refractivity contribution in [2.24, 2.45) is 11.5 Å².